The molecule has 0 amide bonds. The van der Waals surface area contributed by atoms with Gasteiger partial charge in [-0.25, -0.2) is 13.1 Å². The molecule has 0 aliphatic carbocycles. The lowest BCUT2D eigenvalue weighted by atomic mass is 10.2. The van der Waals surface area contributed by atoms with Gasteiger partial charge in [0.05, 0.1) is 17.7 Å². The minimum absolute atomic E-state index is 0.0450. The largest absolute Gasteiger partial charge is 0.389 e. The number of hydrogen-bond acceptors (Lipinski definition) is 5. The van der Waals surface area contributed by atoms with Gasteiger partial charge in [-0.1, -0.05) is 29.9 Å². The van der Waals surface area contributed by atoms with Crippen molar-refractivity contribution in [3.8, 4) is 0 Å². The highest BCUT2D eigenvalue weighted by molar-refractivity contribution is 7.89. The van der Waals surface area contributed by atoms with Gasteiger partial charge in [0.15, 0.2) is 0 Å². The van der Waals surface area contributed by atoms with Crippen molar-refractivity contribution in [1.82, 2.24) is 4.72 Å². The number of methoxy groups -OCH3 is 2. The zero-order chi connectivity index (χ0) is 16.0. The average molecular weight is 353 g/mol. The number of rotatable bonds is 8. The van der Waals surface area contributed by atoms with Crippen molar-refractivity contribution in [2.24, 2.45) is 5.73 Å². The third-order valence-corrected chi connectivity index (χ3v) is 4.84. The van der Waals surface area contributed by atoms with Crippen LogP contribution >= 0.6 is 23.8 Å². The number of sulfonamides is 1. The highest BCUT2D eigenvalue weighted by Gasteiger charge is 2.20. The van der Waals surface area contributed by atoms with Crippen molar-refractivity contribution in [3.05, 3.63) is 28.8 Å². The van der Waals surface area contributed by atoms with Gasteiger partial charge in [0.2, 0.25) is 10.0 Å². The standard InChI is InChI=1S/C12H17ClN2O4S2/c1-18-7-9(19-2)6-15-21(16,17)11-4-3-8(12(14)20)5-10(11)13/h3-5,9,15H,6-7H2,1-2H3,(H2,14,20). The highest BCUT2D eigenvalue weighted by atomic mass is 35.5. The van der Waals surface area contributed by atoms with Crippen LogP contribution in [0.1, 0.15) is 5.56 Å². The second kappa shape index (κ2) is 8.02. The summed E-state index contributed by atoms with van der Waals surface area (Å²) in [6.07, 6.45) is -0.389. The molecule has 1 aromatic carbocycles. The molecular formula is C12H17ClN2O4S2. The second-order valence-corrected chi connectivity index (χ2v) is 6.76. The quantitative estimate of drug-likeness (QED) is 0.676. The zero-order valence-corrected chi connectivity index (χ0v) is 14.0. The van der Waals surface area contributed by atoms with Crippen molar-refractivity contribution in [3.63, 3.8) is 0 Å². The van der Waals surface area contributed by atoms with Crippen LogP contribution in [0.5, 0.6) is 0 Å². The van der Waals surface area contributed by atoms with Crippen LogP contribution in [0.15, 0.2) is 23.1 Å². The summed E-state index contributed by atoms with van der Waals surface area (Å²) in [5, 5.41) is 0.0495. The molecule has 0 radical (unpaired) electrons. The van der Waals surface area contributed by atoms with Crippen LogP contribution in [-0.4, -0.2) is 46.9 Å². The summed E-state index contributed by atoms with van der Waals surface area (Å²) in [5.41, 5.74) is 5.97. The molecule has 0 saturated heterocycles. The van der Waals surface area contributed by atoms with Crippen LogP contribution in [0, 0.1) is 0 Å². The number of hydrogen-bond donors (Lipinski definition) is 2. The molecule has 1 atom stereocenters. The lowest BCUT2D eigenvalue weighted by Gasteiger charge is -2.15. The Morgan fingerprint density at radius 2 is 2.14 bits per heavy atom. The number of thiocarbonyl (C=S) groups is 1. The van der Waals surface area contributed by atoms with E-state index in [0.717, 1.165) is 0 Å². The van der Waals surface area contributed by atoms with Crippen LogP contribution in [0.25, 0.3) is 0 Å². The summed E-state index contributed by atoms with van der Waals surface area (Å²) in [6.45, 7) is 0.340. The lowest BCUT2D eigenvalue weighted by molar-refractivity contribution is 0.0320. The minimum atomic E-state index is -3.76. The third-order valence-electron chi connectivity index (χ3n) is 2.69. The fraction of sp³-hybridized carbons (Fsp3) is 0.417. The van der Waals surface area contributed by atoms with Gasteiger partial charge in [0.1, 0.15) is 9.88 Å². The molecule has 0 heterocycles. The lowest BCUT2D eigenvalue weighted by Crippen LogP contribution is -2.35. The number of benzene rings is 1. The Kier molecular flexibility index (Phi) is 6.98. The molecule has 1 unspecified atom stereocenters. The molecule has 118 valence electrons. The normalized spacial score (nSPS) is 13.1. The van der Waals surface area contributed by atoms with E-state index >= 15 is 0 Å². The molecule has 0 fully saturated rings. The van der Waals surface area contributed by atoms with E-state index in [1.165, 1.54) is 32.4 Å². The molecule has 0 aromatic heterocycles. The summed E-state index contributed by atoms with van der Waals surface area (Å²) in [6, 6.07) is 4.28. The van der Waals surface area contributed by atoms with E-state index in [0.29, 0.717) is 5.56 Å². The Morgan fingerprint density at radius 3 is 2.62 bits per heavy atom. The van der Waals surface area contributed by atoms with E-state index in [9.17, 15) is 8.42 Å². The van der Waals surface area contributed by atoms with Crippen molar-refractivity contribution in [2.45, 2.75) is 11.0 Å². The molecule has 3 N–H and O–H groups in total. The molecule has 1 rings (SSSR count). The van der Waals surface area contributed by atoms with Gasteiger partial charge in [0, 0.05) is 26.3 Å². The monoisotopic (exact) mass is 352 g/mol. The van der Waals surface area contributed by atoms with Gasteiger partial charge >= 0.3 is 0 Å². The number of ether oxygens (including phenoxy) is 2. The zero-order valence-electron chi connectivity index (χ0n) is 11.6. The Morgan fingerprint density at radius 1 is 1.48 bits per heavy atom. The van der Waals surface area contributed by atoms with Gasteiger partial charge < -0.3 is 15.2 Å². The molecule has 0 bridgehead atoms. The minimum Gasteiger partial charge on any atom is -0.389 e. The topological polar surface area (TPSA) is 90.7 Å². The molecule has 0 aliphatic heterocycles. The van der Waals surface area contributed by atoms with E-state index in [1.807, 2.05) is 0 Å². The summed E-state index contributed by atoms with van der Waals surface area (Å²) >= 11 is 10.8. The first-order valence-corrected chi connectivity index (χ1v) is 8.19. The smallest absolute Gasteiger partial charge is 0.242 e. The van der Waals surface area contributed by atoms with E-state index in [1.54, 1.807) is 0 Å². The maximum absolute atomic E-state index is 12.2. The maximum Gasteiger partial charge on any atom is 0.242 e. The fourth-order valence-electron chi connectivity index (χ4n) is 1.55. The first-order valence-electron chi connectivity index (χ1n) is 5.92. The Hall–Kier alpha value is -0.770. The summed E-state index contributed by atoms with van der Waals surface area (Å²) < 4.78 is 36.8. The molecular weight excluding hydrogens is 336 g/mol. The van der Waals surface area contributed by atoms with Crippen LogP contribution < -0.4 is 10.5 Å². The fourth-order valence-corrected chi connectivity index (χ4v) is 3.28. The predicted octanol–water partition coefficient (Wildman–Crippen LogP) is 0.914. The van der Waals surface area contributed by atoms with Gasteiger partial charge in [-0.15, -0.1) is 0 Å². The van der Waals surface area contributed by atoms with Crippen molar-refractivity contribution in [1.29, 1.82) is 0 Å². The van der Waals surface area contributed by atoms with E-state index < -0.39 is 10.0 Å². The number of halogens is 1. The van der Waals surface area contributed by atoms with E-state index in [-0.39, 0.29) is 34.2 Å². The van der Waals surface area contributed by atoms with Crippen molar-refractivity contribution in [2.75, 3.05) is 27.4 Å². The molecule has 0 saturated carbocycles. The highest BCUT2D eigenvalue weighted by Crippen LogP contribution is 2.22. The van der Waals surface area contributed by atoms with E-state index in [4.69, 9.17) is 39.0 Å². The molecule has 0 aliphatic rings. The van der Waals surface area contributed by atoms with Gasteiger partial charge in [-0.2, -0.15) is 0 Å². The molecule has 1 aromatic rings. The average Bonchev–Trinajstić information content (AvgIpc) is 2.42. The summed E-state index contributed by atoms with van der Waals surface area (Å²) in [5.74, 6) is 0. The maximum atomic E-state index is 12.2. The first-order chi connectivity index (χ1) is 9.81. The molecule has 0 spiro atoms. The Bertz CT molecular complexity index is 607. The van der Waals surface area contributed by atoms with Crippen LogP contribution in [0.3, 0.4) is 0 Å². The Labute approximate surface area is 134 Å². The third kappa shape index (κ3) is 5.17. The van der Waals surface area contributed by atoms with Crippen LogP contribution in [0.2, 0.25) is 5.02 Å². The Balaban J connectivity index is 2.90. The predicted molar refractivity (Wildman–Crippen MR) is 85.2 cm³/mol. The van der Waals surface area contributed by atoms with Gasteiger partial charge in [0.25, 0.3) is 0 Å². The summed E-state index contributed by atoms with van der Waals surface area (Å²) in [4.78, 5) is 0.102. The molecule has 9 heteroatoms. The molecule has 6 nitrogen and oxygen atoms in total. The first kappa shape index (κ1) is 18.3. The number of nitrogens with two attached hydrogens (primary N) is 1. The van der Waals surface area contributed by atoms with Crippen molar-refractivity contribution < 1.29 is 17.9 Å². The van der Waals surface area contributed by atoms with E-state index in [2.05, 4.69) is 4.72 Å². The second-order valence-electron chi connectivity index (χ2n) is 4.17. The molecule has 21 heavy (non-hydrogen) atoms. The SMILES string of the molecule is COCC(CNS(=O)(=O)c1ccc(C(N)=S)cc1Cl)OC. The van der Waals surface area contributed by atoms with Crippen LogP contribution in [0.4, 0.5) is 0 Å². The summed E-state index contributed by atoms with van der Waals surface area (Å²) in [7, 11) is -0.779. The van der Waals surface area contributed by atoms with Gasteiger partial charge in [-0.05, 0) is 12.1 Å². The number of nitrogens with one attached hydrogen (secondary N) is 1. The van der Waals surface area contributed by atoms with Gasteiger partial charge in [-0.3, -0.25) is 0 Å². The van der Waals surface area contributed by atoms with Crippen molar-refractivity contribution >= 4 is 38.8 Å². The van der Waals surface area contributed by atoms with Crippen LogP contribution in [-0.2, 0) is 19.5 Å².